The number of methoxy groups -OCH3 is 1. The summed E-state index contributed by atoms with van der Waals surface area (Å²) in [6.45, 7) is 1.77. The quantitative estimate of drug-likeness (QED) is 0.767. The Kier molecular flexibility index (Phi) is 3.32. The van der Waals surface area contributed by atoms with E-state index in [4.69, 9.17) is 4.74 Å². The fourth-order valence-electron chi connectivity index (χ4n) is 4.43. The predicted molar refractivity (Wildman–Crippen MR) is 97.0 cm³/mol. The molecule has 0 amide bonds. The van der Waals surface area contributed by atoms with Crippen LogP contribution in [0.4, 0.5) is 5.82 Å². The molecular formula is C17H19N3O2S2. The van der Waals surface area contributed by atoms with E-state index in [2.05, 4.69) is 14.9 Å². The monoisotopic (exact) mass is 361 g/mol. The maximum absolute atomic E-state index is 12.1. The molecule has 2 saturated heterocycles. The second kappa shape index (κ2) is 5.33. The number of anilines is 1. The van der Waals surface area contributed by atoms with E-state index < -0.39 is 0 Å². The van der Waals surface area contributed by atoms with Crippen molar-refractivity contribution in [3.8, 4) is 0 Å². The standard InChI is InChI=1S/C17H19N3O2S2/c1-22-16(21)11-5-6-23-17(11)7-20(8-17)14-13-10-3-2-4-12(10)24-15(13)19-9-18-14/h9,11H,2-8H2,1H3. The molecule has 4 heterocycles. The lowest BCUT2D eigenvalue weighted by molar-refractivity contribution is -0.146. The molecule has 3 aliphatic rings. The highest BCUT2D eigenvalue weighted by Crippen LogP contribution is 2.51. The molecule has 5 nitrogen and oxygen atoms in total. The van der Waals surface area contributed by atoms with Crippen molar-refractivity contribution < 1.29 is 9.53 Å². The minimum Gasteiger partial charge on any atom is -0.469 e. The van der Waals surface area contributed by atoms with Crippen LogP contribution in [0, 0.1) is 5.92 Å². The second-order valence-corrected chi connectivity index (χ2v) is 9.46. The van der Waals surface area contributed by atoms with Crippen LogP contribution < -0.4 is 4.90 Å². The van der Waals surface area contributed by atoms with Gasteiger partial charge in [0, 0.05) is 18.0 Å². The highest BCUT2D eigenvalue weighted by Gasteiger charge is 2.56. The fourth-order valence-corrected chi connectivity index (χ4v) is 7.32. The van der Waals surface area contributed by atoms with Crippen LogP contribution in [0.2, 0.25) is 0 Å². The number of esters is 1. The molecular weight excluding hydrogens is 342 g/mol. The lowest BCUT2D eigenvalue weighted by atomic mass is 9.83. The number of thiophene rings is 1. The highest BCUT2D eigenvalue weighted by molar-refractivity contribution is 8.01. The van der Waals surface area contributed by atoms with Crippen molar-refractivity contribution in [1.82, 2.24) is 9.97 Å². The van der Waals surface area contributed by atoms with Crippen molar-refractivity contribution in [2.24, 2.45) is 5.92 Å². The Morgan fingerprint density at radius 2 is 2.25 bits per heavy atom. The molecule has 0 N–H and O–H groups in total. The summed E-state index contributed by atoms with van der Waals surface area (Å²) in [5.74, 6) is 2.08. The Hall–Kier alpha value is -1.34. The molecule has 0 bridgehead atoms. The van der Waals surface area contributed by atoms with Gasteiger partial charge in [0.15, 0.2) is 0 Å². The molecule has 2 aromatic rings. The lowest BCUT2D eigenvalue weighted by Crippen LogP contribution is -2.63. The van der Waals surface area contributed by atoms with Crippen molar-refractivity contribution in [1.29, 1.82) is 0 Å². The highest BCUT2D eigenvalue weighted by atomic mass is 32.2. The molecule has 7 heteroatoms. The summed E-state index contributed by atoms with van der Waals surface area (Å²) < 4.78 is 5.05. The zero-order chi connectivity index (χ0) is 16.3. The van der Waals surface area contributed by atoms with E-state index in [1.165, 1.54) is 35.8 Å². The Morgan fingerprint density at radius 1 is 1.38 bits per heavy atom. The van der Waals surface area contributed by atoms with Gasteiger partial charge in [-0.2, -0.15) is 11.8 Å². The van der Waals surface area contributed by atoms with Gasteiger partial charge in [0.05, 0.1) is 23.2 Å². The molecule has 0 aromatic carbocycles. The van der Waals surface area contributed by atoms with E-state index in [0.717, 1.165) is 42.3 Å². The van der Waals surface area contributed by atoms with Gasteiger partial charge in [-0.1, -0.05) is 0 Å². The third-order valence-electron chi connectivity index (χ3n) is 5.61. The molecule has 24 heavy (non-hydrogen) atoms. The smallest absolute Gasteiger partial charge is 0.310 e. The Morgan fingerprint density at radius 3 is 3.08 bits per heavy atom. The van der Waals surface area contributed by atoms with Gasteiger partial charge in [-0.05, 0) is 37.0 Å². The molecule has 2 fully saturated rings. The van der Waals surface area contributed by atoms with Crippen LogP contribution in [0.3, 0.4) is 0 Å². The number of aromatic nitrogens is 2. The van der Waals surface area contributed by atoms with Gasteiger partial charge in [0.1, 0.15) is 17.0 Å². The van der Waals surface area contributed by atoms with Gasteiger partial charge in [-0.15, -0.1) is 11.3 Å². The number of carbonyl (C=O) groups is 1. The average Bonchev–Trinajstić information content (AvgIpc) is 3.25. The first-order valence-electron chi connectivity index (χ1n) is 8.44. The van der Waals surface area contributed by atoms with Crippen LogP contribution in [0.5, 0.6) is 0 Å². The maximum atomic E-state index is 12.1. The number of hydrogen-bond donors (Lipinski definition) is 0. The minimum atomic E-state index is -0.0519. The van der Waals surface area contributed by atoms with Crippen molar-refractivity contribution >= 4 is 45.1 Å². The summed E-state index contributed by atoms with van der Waals surface area (Å²) in [6.07, 6.45) is 6.19. The van der Waals surface area contributed by atoms with Crippen molar-refractivity contribution in [3.63, 3.8) is 0 Å². The van der Waals surface area contributed by atoms with E-state index in [-0.39, 0.29) is 16.6 Å². The first kappa shape index (κ1) is 15.0. The topological polar surface area (TPSA) is 55.3 Å². The predicted octanol–water partition coefficient (Wildman–Crippen LogP) is 2.66. The zero-order valence-corrected chi connectivity index (χ0v) is 15.2. The number of hydrogen-bond acceptors (Lipinski definition) is 7. The number of carbonyl (C=O) groups excluding carboxylic acids is 1. The van der Waals surface area contributed by atoms with E-state index >= 15 is 0 Å². The third kappa shape index (κ3) is 1.97. The van der Waals surface area contributed by atoms with Crippen LogP contribution >= 0.6 is 23.1 Å². The summed E-state index contributed by atoms with van der Waals surface area (Å²) >= 11 is 3.76. The second-order valence-electron chi connectivity index (χ2n) is 6.87. The van der Waals surface area contributed by atoms with Crippen molar-refractivity contribution in [2.45, 2.75) is 30.4 Å². The van der Waals surface area contributed by atoms with Crippen LogP contribution in [0.15, 0.2) is 6.33 Å². The normalized spacial score (nSPS) is 24.4. The van der Waals surface area contributed by atoms with E-state index in [1.807, 2.05) is 23.1 Å². The number of ether oxygens (including phenoxy) is 1. The van der Waals surface area contributed by atoms with Crippen LogP contribution in [0.25, 0.3) is 10.2 Å². The average molecular weight is 361 g/mol. The molecule has 1 aliphatic carbocycles. The van der Waals surface area contributed by atoms with E-state index in [9.17, 15) is 4.79 Å². The molecule has 2 aliphatic heterocycles. The largest absolute Gasteiger partial charge is 0.469 e. The molecule has 1 unspecified atom stereocenters. The van der Waals surface area contributed by atoms with Gasteiger partial charge in [-0.3, -0.25) is 4.79 Å². The molecule has 0 saturated carbocycles. The number of rotatable bonds is 2. The molecule has 1 spiro atoms. The first-order valence-corrected chi connectivity index (χ1v) is 10.2. The summed E-state index contributed by atoms with van der Waals surface area (Å²) in [5, 5.41) is 1.27. The van der Waals surface area contributed by atoms with Gasteiger partial charge in [-0.25, -0.2) is 9.97 Å². The van der Waals surface area contributed by atoms with Gasteiger partial charge in [0.2, 0.25) is 0 Å². The zero-order valence-electron chi connectivity index (χ0n) is 13.6. The summed E-state index contributed by atoms with van der Waals surface area (Å²) in [7, 11) is 1.50. The van der Waals surface area contributed by atoms with Gasteiger partial charge < -0.3 is 9.64 Å². The molecule has 2 aromatic heterocycles. The minimum absolute atomic E-state index is 0.0174. The van der Waals surface area contributed by atoms with Crippen LogP contribution in [-0.4, -0.2) is 46.6 Å². The Balaban J connectivity index is 1.48. The molecule has 126 valence electrons. The van der Waals surface area contributed by atoms with E-state index in [0.29, 0.717) is 0 Å². The number of thioether (sulfide) groups is 1. The van der Waals surface area contributed by atoms with Crippen LogP contribution in [0.1, 0.15) is 23.3 Å². The van der Waals surface area contributed by atoms with E-state index in [1.54, 1.807) is 6.33 Å². The van der Waals surface area contributed by atoms with Crippen molar-refractivity contribution in [2.75, 3.05) is 30.9 Å². The number of fused-ring (bicyclic) bond motifs is 3. The van der Waals surface area contributed by atoms with Crippen LogP contribution in [-0.2, 0) is 22.4 Å². The first-order chi connectivity index (χ1) is 11.7. The Bertz CT molecular complexity index is 829. The summed E-state index contributed by atoms with van der Waals surface area (Å²) in [5.41, 5.74) is 1.47. The molecule has 1 atom stereocenters. The van der Waals surface area contributed by atoms with Gasteiger partial charge in [0.25, 0.3) is 0 Å². The number of aryl methyl sites for hydroxylation is 2. The number of nitrogens with zero attached hydrogens (tertiary/aromatic N) is 3. The maximum Gasteiger partial charge on any atom is 0.310 e. The SMILES string of the molecule is COC(=O)C1CCSC12CN(c1ncnc3sc4c(c13)CCC4)C2. The molecule has 0 radical (unpaired) electrons. The molecule has 5 rings (SSSR count). The van der Waals surface area contributed by atoms with Crippen molar-refractivity contribution in [3.05, 3.63) is 16.8 Å². The summed E-state index contributed by atoms with van der Waals surface area (Å²) in [6, 6.07) is 0. The lowest BCUT2D eigenvalue weighted by Gasteiger charge is -2.50. The summed E-state index contributed by atoms with van der Waals surface area (Å²) in [4.78, 5) is 26.2. The fraction of sp³-hybridized carbons (Fsp3) is 0.588. The third-order valence-corrected chi connectivity index (χ3v) is 8.37. The van der Waals surface area contributed by atoms with Gasteiger partial charge >= 0.3 is 5.97 Å². The Labute approximate surface area is 148 Å².